The fourth-order valence-corrected chi connectivity index (χ4v) is 10.2. The maximum atomic E-state index is 5.55. The lowest BCUT2D eigenvalue weighted by atomic mass is 9.47. The highest BCUT2D eigenvalue weighted by molar-refractivity contribution is 5.26. The van der Waals surface area contributed by atoms with E-state index in [1.54, 1.807) is 0 Å². The van der Waals surface area contributed by atoms with Gasteiger partial charge in [-0.25, -0.2) is 0 Å². The molecule has 4 aliphatic carbocycles. The molecule has 40 heavy (non-hydrogen) atoms. The molecule has 0 saturated heterocycles. The predicted octanol–water partition coefficient (Wildman–Crippen LogP) is 7.29. The van der Waals surface area contributed by atoms with E-state index >= 15 is 0 Å². The van der Waals surface area contributed by atoms with Crippen LogP contribution in [0.4, 0.5) is 0 Å². The number of allylic oxidation sites excluding steroid dienone is 1. The largest absolute Gasteiger partial charge is 0.330 e. The van der Waals surface area contributed by atoms with Gasteiger partial charge in [-0.2, -0.15) is 0 Å². The van der Waals surface area contributed by atoms with Gasteiger partial charge in [0.1, 0.15) is 0 Å². The van der Waals surface area contributed by atoms with Gasteiger partial charge < -0.3 is 21.7 Å². The summed E-state index contributed by atoms with van der Waals surface area (Å²) in [5.41, 5.74) is 8.46. The molecule has 3 unspecified atom stereocenters. The average molecular weight is 557 g/mol. The van der Waals surface area contributed by atoms with Crippen LogP contribution in [0.5, 0.6) is 0 Å². The van der Waals surface area contributed by atoms with Crippen LogP contribution in [-0.4, -0.2) is 45.3 Å². The number of hydrogen-bond acceptors (Lipinski definition) is 4. The van der Waals surface area contributed by atoms with E-state index in [9.17, 15) is 0 Å². The van der Waals surface area contributed by atoms with Crippen LogP contribution in [0.1, 0.15) is 125 Å². The number of fused-ring (bicyclic) bond motifs is 5. The fourth-order valence-electron chi connectivity index (χ4n) is 10.2. The van der Waals surface area contributed by atoms with E-state index in [-0.39, 0.29) is 0 Å². The van der Waals surface area contributed by atoms with Crippen LogP contribution in [0.15, 0.2) is 11.6 Å². The maximum Gasteiger partial charge on any atom is 0.0105 e. The van der Waals surface area contributed by atoms with Crippen molar-refractivity contribution in [2.75, 3.05) is 39.3 Å². The molecule has 3 saturated carbocycles. The minimum Gasteiger partial charge on any atom is -0.330 e. The normalized spacial score (nSPS) is 36.2. The minimum atomic E-state index is 0.475. The Hall–Kier alpha value is -0.420. The second-order valence-corrected chi connectivity index (χ2v) is 15.5. The van der Waals surface area contributed by atoms with E-state index in [1.807, 2.05) is 5.57 Å². The molecule has 3 fully saturated rings. The monoisotopic (exact) mass is 557 g/mol. The average Bonchev–Trinajstić information content (AvgIpc) is 3.29. The number of rotatable bonds is 17. The van der Waals surface area contributed by atoms with Crippen molar-refractivity contribution in [1.82, 2.24) is 16.0 Å². The standard InChI is InChI=1S/C36H68N4/c1-27(2)10-6-11-28(3)32-14-15-33-31-13-12-29-26-30(16-18-35(29,4)34(31)17-19-36(32,33)5)40-25-9-24-39-23-8-22-38-21-7-20-37/h12,27-28,30-34,38-40H,6-11,13-26,37H2,1-5H3/t28-,30+,31?,32-,33?,34?,35+,36-/m1/s1. The van der Waals surface area contributed by atoms with Crippen molar-refractivity contribution in [2.45, 2.75) is 131 Å². The van der Waals surface area contributed by atoms with Gasteiger partial charge in [0, 0.05) is 6.04 Å². The summed E-state index contributed by atoms with van der Waals surface area (Å²) in [5, 5.41) is 11.0. The second-order valence-electron chi connectivity index (χ2n) is 15.5. The van der Waals surface area contributed by atoms with E-state index in [0.29, 0.717) is 16.9 Å². The third kappa shape index (κ3) is 7.74. The van der Waals surface area contributed by atoms with Crippen molar-refractivity contribution in [3.63, 3.8) is 0 Å². The van der Waals surface area contributed by atoms with Gasteiger partial charge in [-0.3, -0.25) is 0 Å². The summed E-state index contributed by atoms with van der Waals surface area (Å²) in [5.74, 6) is 5.60. The third-order valence-corrected chi connectivity index (χ3v) is 12.5. The third-order valence-electron chi connectivity index (χ3n) is 12.5. The lowest BCUT2D eigenvalue weighted by Crippen LogP contribution is -2.51. The molecule has 0 aromatic rings. The lowest BCUT2D eigenvalue weighted by Gasteiger charge is -2.58. The van der Waals surface area contributed by atoms with E-state index < -0.39 is 0 Å². The Morgan fingerprint density at radius 3 is 2.27 bits per heavy atom. The second kappa shape index (κ2) is 15.3. The van der Waals surface area contributed by atoms with Gasteiger partial charge in [0.05, 0.1) is 0 Å². The Labute approximate surface area is 249 Å². The quantitative estimate of drug-likeness (QED) is 0.112. The van der Waals surface area contributed by atoms with Crippen molar-refractivity contribution in [1.29, 1.82) is 0 Å². The Morgan fingerprint density at radius 1 is 0.825 bits per heavy atom. The maximum absolute atomic E-state index is 5.55. The number of hydrogen-bond donors (Lipinski definition) is 4. The Bertz CT molecular complexity index is 779. The molecule has 4 aliphatic rings. The minimum absolute atomic E-state index is 0.475. The summed E-state index contributed by atoms with van der Waals surface area (Å²) in [6, 6.07) is 0.694. The summed E-state index contributed by atoms with van der Waals surface area (Å²) >= 11 is 0. The summed E-state index contributed by atoms with van der Waals surface area (Å²) in [6.07, 6.45) is 22.1. The molecule has 0 aromatic carbocycles. The molecule has 0 bridgehead atoms. The molecule has 0 heterocycles. The summed E-state index contributed by atoms with van der Waals surface area (Å²) in [7, 11) is 0. The molecule has 0 amide bonds. The van der Waals surface area contributed by atoms with Crippen LogP contribution < -0.4 is 21.7 Å². The van der Waals surface area contributed by atoms with Crippen molar-refractivity contribution >= 4 is 0 Å². The molecule has 0 aliphatic heterocycles. The summed E-state index contributed by atoms with van der Waals surface area (Å²) < 4.78 is 0. The molecule has 4 rings (SSSR count). The van der Waals surface area contributed by atoms with E-state index in [2.05, 4.69) is 56.6 Å². The van der Waals surface area contributed by atoms with Gasteiger partial charge in [0.2, 0.25) is 0 Å². The molecule has 8 atom stereocenters. The van der Waals surface area contributed by atoms with Gasteiger partial charge >= 0.3 is 0 Å². The SMILES string of the molecule is CC(C)CCC[C@@H](C)[C@H]1CCC2C3CC=C4C[C@@H](NCCCNCCCNCCCN)CC[C@]4(C)C3CC[C@@]21C. The molecule has 4 nitrogen and oxygen atoms in total. The van der Waals surface area contributed by atoms with Crippen LogP contribution in [0.3, 0.4) is 0 Å². The lowest BCUT2D eigenvalue weighted by molar-refractivity contribution is -0.0514. The first-order valence-electron chi connectivity index (χ1n) is 17.8. The smallest absolute Gasteiger partial charge is 0.0105 e. The number of nitrogens with one attached hydrogen (secondary N) is 3. The van der Waals surface area contributed by atoms with Crippen molar-refractivity contribution in [3.8, 4) is 0 Å². The molecular weight excluding hydrogens is 488 g/mol. The zero-order valence-corrected chi connectivity index (χ0v) is 27.3. The van der Waals surface area contributed by atoms with Crippen LogP contribution in [0.2, 0.25) is 0 Å². The Morgan fingerprint density at radius 2 is 1.55 bits per heavy atom. The Kier molecular flexibility index (Phi) is 12.5. The number of nitrogens with two attached hydrogens (primary N) is 1. The van der Waals surface area contributed by atoms with Gasteiger partial charge in [-0.05, 0) is 156 Å². The van der Waals surface area contributed by atoms with Crippen LogP contribution in [0.25, 0.3) is 0 Å². The molecule has 0 radical (unpaired) electrons. The molecular formula is C36H68N4. The molecule has 4 heteroatoms. The zero-order valence-electron chi connectivity index (χ0n) is 27.3. The van der Waals surface area contributed by atoms with E-state index in [0.717, 1.165) is 81.2 Å². The molecule has 0 spiro atoms. The van der Waals surface area contributed by atoms with Gasteiger partial charge in [-0.15, -0.1) is 0 Å². The van der Waals surface area contributed by atoms with Crippen molar-refractivity contribution in [2.24, 2.45) is 52.1 Å². The van der Waals surface area contributed by atoms with Gasteiger partial charge in [0.25, 0.3) is 0 Å². The summed E-state index contributed by atoms with van der Waals surface area (Å²) in [6.45, 7) is 19.1. The highest BCUT2D eigenvalue weighted by Crippen LogP contribution is 2.67. The van der Waals surface area contributed by atoms with Crippen LogP contribution in [0, 0.1) is 46.3 Å². The molecule has 0 aromatic heterocycles. The fraction of sp³-hybridized carbons (Fsp3) is 0.944. The molecule has 5 N–H and O–H groups in total. The Balaban J connectivity index is 1.21. The van der Waals surface area contributed by atoms with E-state index in [4.69, 9.17) is 5.73 Å². The first kappa shape index (κ1) is 32.5. The highest BCUT2D eigenvalue weighted by Gasteiger charge is 2.59. The van der Waals surface area contributed by atoms with Crippen molar-refractivity contribution < 1.29 is 0 Å². The molecule has 232 valence electrons. The zero-order chi connectivity index (χ0) is 28.6. The van der Waals surface area contributed by atoms with Gasteiger partial charge in [-0.1, -0.05) is 65.5 Å². The van der Waals surface area contributed by atoms with Crippen molar-refractivity contribution in [3.05, 3.63) is 11.6 Å². The summed E-state index contributed by atoms with van der Waals surface area (Å²) in [4.78, 5) is 0. The first-order chi connectivity index (χ1) is 19.3. The van der Waals surface area contributed by atoms with Crippen LogP contribution >= 0.6 is 0 Å². The topological polar surface area (TPSA) is 62.1 Å². The van der Waals surface area contributed by atoms with Crippen LogP contribution in [-0.2, 0) is 0 Å². The predicted molar refractivity (Wildman–Crippen MR) is 173 cm³/mol. The highest BCUT2D eigenvalue weighted by atomic mass is 14.9. The van der Waals surface area contributed by atoms with Gasteiger partial charge in [0.15, 0.2) is 0 Å². The van der Waals surface area contributed by atoms with E-state index in [1.165, 1.54) is 83.5 Å². The first-order valence-corrected chi connectivity index (χ1v) is 17.8.